The Bertz CT molecular complexity index is 806. The maximum Gasteiger partial charge on any atom is 0.227 e. The molecule has 1 aromatic heterocycles. The van der Waals surface area contributed by atoms with Crippen molar-refractivity contribution in [3.63, 3.8) is 0 Å². The number of nitrogens with zero attached hydrogens (tertiary/aromatic N) is 2. The van der Waals surface area contributed by atoms with Crippen LogP contribution < -0.4 is 10.6 Å². The fraction of sp³-hybridized carbons (Fsp3) is 0.316. The van der Waals surface area contributed by atoms with E-state index in [1.165, 1.54) is 0 Å². The molecule has 1 aromatic carbocycles. The predicted octanol–water partition coefficient (Wildman–Crippen LogP) is 3.87. The van der Waals surface area contributed by atoms with E-state index in [2.05, 4.69) is 29.5 Å². The third-order valence-electron chi connectivity index (χ3n) is 4.46. The number of aromatic nitrogens is 2. The van der Waals surface area contributed by atoms with Crippen molar-refractivity contribution in [1.29, 1.82) is 5.41 Å². The van der Waals surface area contributed by atoms with E-state index in [1.807, 2.05) is 50.5 Å². The molecule has 0 bridgehead atoms. The summed E-state index contributed by atoms with van der Waals surface area (Å²) in [7, 11) is 1.87. The molecule has 0 amide bonds. The second-order valence-electron chi connectivity index (χ2n) is 6.74. The highest BCUT2D eigenvalue weighted by atomic mass is 15.1. The highest BCUT2D eigenvalue weighted by Gasteiger charge is 2.35. The number of anilines is 2. The molecule has 5 heteroatoms. The molecule has 0 fully saturated rings. The molecule has 1 aliphatic carbocycles. The van der Waals surface area contributed by atoms with E-state index in [0.29, 0.717) is 18.1 Å². The maximum atomic E-state index is 8.48. The first-order chi connectivity index (χ1) is 11.4. The van der Waals surface area contributed by atoms with Crippen LogP contribution in [0, 0.1) is 5.41 Å². The van der Waals surface area contributed by atoms with Crippen molar-refractivity contribution < 1.29 is 0 Å². The number of nitrogens with one attached hydrogen (secondary N) is 3. The Morgan fingerprint density at radius 3 is 2.58 bits per heavy atom. The first kappa shape index (κ1) is 16.2. The molecule has 0 aliphatic heterocycles. The van der Waals surface area contributed by atoms with E-state index < -0.39 is 0 Å². The minimum absolute atomic E-state index is 0.144. The van der Waals surface area contributed by atoms with E-state index >= 15 is 0 Å². The molecule has 2 aromatic rings. The van der Waals surface area contributed by atoms with Crippen LogP contribution in [0.3, 0.4) is 0 Å². The third-order valence-corrected chi connectivity index (χ3v) is 4.46. The van der Waals surface area contributed by atoms with Crippen molar-refractivity contribution in [3.05, 3.63) is 53.5 Å². The summed E-state index contributed by atoms with van der Waals surface area (Å²) >= 11 is 0. The predicted molar refractivity (Wildman–Crippen MR) is 98.8 cm³/mol. The van der Waals surface area contributed by atoms with Crippen molar-refractivity contribution in [3.8, 4) is 0 Å². The van der Waals surface area contributed by atoms with Gasteiger partial charge in [0.2, 0.25) is 5.95 Å². The Hall–Kier alpha value is -2.69. The first-order valence-corrected chi connectivity index (χ1v) is 8.09. The molecule has 124 valence electrons. The summed E-state index contributed by atoms with van der Waals surface area (Å²) in [5, 5.41) is 14.9. The fourth-order valence-electron chi connectivity index (χ4n) is 3.08. The molecule has 3 N–H and O–H groups in total. The number of para-hydroxylation sites is 1. The summed E-state index contributed by atoms with van der Waals surface area (Å²) in [6.45, 7) is 6.26. The molecular weight excluding hydrogens is 298 g/mol. The van der Waals surface area contributed by atoms with E-state index in [0.717, 1.165) is 28.2 Å². The molecule has 0 saturated carbocycles. The monoisotopic (exact) mass is 321 g/mol. The largest absolute Gasteiger partial charge is 0.391 e. The van der Waals surface area contributed by atoms with Gasteiger partial charge in [0.15, 0.2) is 0 Å². The Balaban J connectivity index is 2.11. The molecule has 1 aliphatic rings. The molecule has 0 atom stereocenters. The molecule has 1 heterocycles. The van der Waals surface area contributed by atoms with Gasteiger partial charge in [-0.2, -0.15) is 0 Å². The summed E-state index contributed by atoms with van der Waals surface area (Å²) in [5.74, 6) is 0.548. The van der Waals surface area contributed by atoms with Crippen molar-refractivity contribution in [1.82, 2.24) is 15.3 Å². The molecular formula is C19H23N5. The van der Waals surface area contributed by atoms with Crippen LogP contribution in [-0.4, -0.2) is 22.7 Å². The normalized spacial score (nSPS) is 17.9. The standard InChI is InChI=1S/C19H23N5/c1-12(21-4)16-15(20)10-19(2,3)14-11-22-18(24-17(14)16)23-13-8-6-5-7-9-13/h5-9,11,20-21H,10H2,1-4H3,(H,22,23,24)/b16-12+,20-15?. The van der Waals surface area contributed by atoms with Gasteiger partial charge in [0, 0.05) is 41.5 Å². The lowest BCUT2D eigenvalue weighted by Crippen LogP contribution is -2.31. The average Bonchev–Trinajstić information content (AvgIpc) is 2.54. The topological polar surface area (TPSA) is 73.7 Å². The highest BCUT2D eigenvalue weighted by Crippen LogP contribution is 2.40. The van der Waals surface area contributed by atoms with Crippen LogP contribution in [0.5, 0.6) is 0 Å². The summed E-state index contributed by atoms with van der Waals surface area (Å²) in [6.07, 6.45) is 2.58. The Morgan fingerprint density at radius 2 is 1.92 bits per heavy atom. The lowest BCUT2D eigenvalue weighted by molar-refractivity contribution is 0.536. The van der Waals surface area contributed by atoms with Crippen molar-refractivity contribution in [2.24, 2.45) is 0 Å². The van der Waals surface area contributed by atoms with Gasteiger partial charge >= 0.3 is 0 Å². The SMILES string of the molecule is CN/C(C)=C1\C(=N)CC(C)(C)c2cnc(Nc3ccccc3)nc21. The second kappa shape index (κ2) is 6.07. The van der Waals surface area contributed by atoms with Crippen molar-refractivity contribution in [2.45, 2.75) is 32.6 Å². The highest BCUT2D eigenvalue weighted by molar-refractivity contribution is 6.24. The van der Waals surface area contributed by atoms with Crippen LogP contribution in [0.25, 0.3) is 5.57 Å². The van der Waals surface area contributed by atoms with Crippen molar-refractivity contribution in [2.75, 3.05) is 12.4 Å². The Labute approximate surface area is 142 Å². The van der Waals surface area contributed by atoms with Crippen LogP contribution in [0.4, 0.5) is 11.6 Å². The number of hydrogen-bond donors (Lipinski definition) is 3. The molecule has 0 saturated heterocycles. The lowest BCUT2D eigenvalue weighted by Gasteiger charge is -2.34. The molecule has 0 unspecified atom stereocenters. The first-order valence-electron chi connectivity index (χ1n) is 8.09. The lowest BCUT2D eigenvalue weighted by atomic mass is 9.72. The summed E-state index contributed by atoms with van der Waals surface area (Å²) < 4.78 is 0. The van der Waals surface area contributed by atoms with Crippen molar-refractivity contribution >= 4 is 22.9 Å². The van der Waals surface area contributed by atoms with Crippen LogP contribution in [0.15, 0.2) is 42.2 Å². The second-order valence-corrected chi connectivity index (χ2v) is 6.74. The minimum Gasteiger partial charge on any atom is -0.391 e. The quantitative estimate of drug-likeness (QED) is 0.802. The Morgan fingerprint density at radius 1 is 1.21 bits per heavy atom. The van der Waals surface area contributed by atoms with E-state index in [4.69, 9.17) is 10.4 Å². The number of allylic oxidation sites excluding steroid dienone is 2. The van der Waals surface area contributed by atoms with Gasteiger partial charge in [-0.15, -0.1) is 0 Å². The van der Waals surface area contributed by atoms with Gasteiger partial charge in [0.05, 0.1) is 5.69 Å². The zero-order valence-corrected chi connectivity index (χ0v) is 14.6. The summed E-state index contributed by atoms with van der Waals surface area (Å²) in [5.41, 5.74) is 5.18. The van der Waals surface area contributed by atoms with Gasteiger partial charge in [-0.3, -0.25) is 0 Å². The fourth-order valence-corrected chi connectivity index (χ4v) is 3.08. The average molecular weight is 321 g/mol. The molecule has 3 rings (SSSR count). The summed E-state index contributed by atoms with van der Waals surface area (Å²) in [4.78, 5) is 9.24. The number of hydrogen-bond acceptors (Lipinski definition) is 5. The minimum atomic E-state index is -0.144. The molecule has 0 spiro atoms. The molecule has 24 heavy (non-hydrogen) atoms. The molecule has 0 radical (unpaired) electrons. The van der Waals surface area contributed by atoms with Gasteiger partial charge in [0.25, 0.3) is 0 Å². The number of benzene rings is 1. The van der Waals surface area contributed by atoms with Gasteiger partial charge in [-0.05, 0) is 30.9 Å². The smallest absolute Gasteiger partial charge is 0.227 e. The summed E-state index contributed by atoms with van der Waals surface area (Å²) in [6, 6.07) is 9.86. The van der Waals surface area contributed by atoms with Crippen LogP contribution in [-0.2, 0) is 5.41 Å². The van der Waals surface area contributed by atoms with Gasteiger partial charge in [-0.1, -0.05) is 32.0 Å². The number of rotatable bonds is 3. The van der Waals surface area contributed by atoms with Gasteiger partial charge in [0.1, 0.15) is 0 Å². The Kier molecular flexibility index (Phi) is 4.09. The van der Waals surface area contributed by atoms with Crippen LogP contribution in [0.2, 0.25) is 0 Å². The van der Waals surface area contributed by atoms with Crippen LogP contribution in [0.1, 0.15) is 38.4 Å². The van der Waals surface area contributed by atoms with Gasteiger partial charge in [-0.25, -0.2) is 9.97 Å². The third kappa shape index (κ3) is 2.89. The molecule has 5 nitrogen and oxygen atoms in total. The maximum absolute atomic E-state index is 8.48. The number of fused-ring (bicyclic) bond motifs is 1. The van der Waals surface area contributed by atoms with E-state index in [9.17, 15) is 0 Å². The van der Waals surface area contributed by atoms with E-state index in [1.54, 1.807) is 0 Å². The van der Waals surface area contributed by atoms with Crippen LogP contribution >= 0.6 is 0 Å². The van der Waals surface area contributed by atoms with E-state index in [-0.39, 0.29) is 5.41 Å². The zero-order valence-electron chi connectivity index (χ0n) is 14.6. The zero-order chi connectivity index (χ0) is 17.3. The van der Waals surface area contributed by atoms with Gasteiger partial charge < -0.3 is 16.0 Å².